The normalized spacial score (nSPS) is 11.5. The zero-order valence-electron chi connectivity index (χ0n) is 17.2. The van der Waals surface area contributed by atoms with Gasteiger partial charge in [-0.15, -0.1) is 0 Å². The van der Waals surface area contributed by atoms with Gasteiger partial charge in [0.1, 0.15) is 18.4 Å². The second-order valence-electron chi connectivity index (χ2n) is 6.03. The number of pyridine rings is 1. The van der Waals surface area contributed by atoms with Crippen LogP contribution < -0.4 is 16.2 Å². The standard InChI is InChI=1S/C14H16FN3O.C4H8.C2H6.CH2O/c1-9-4-5-11(10(15)8-9)17-14-12(16-2)6-7-13(19)18(14)3;1-4-2-3-4;2*1-2/h4-8,16-17H,1-3H3;4H,2-3H2,1H3;1-2H3;1H2. The monoisotopic (exact) mass is 377 g/mol. The topological polar surface area (TPSA) is 63.1 Å². The van der Waals surface area contributed by atoms with Crippen molar-refractivity contribution < 1.29 is 9.18 Å². The van der Waals surface area contributed by atoms with E-state index in [1.54, 1.807) is 26.2 Å². The van der Waals surface area contributed by atoms with E-state index in [0.717, 1.165) is 17.2 Å². The number of nitrogens with zero attached hydrogens (tertiary/aromatic N) is 1. The zero-order chi connectivity index (χ0) is 21.0. The van der Waals surface area contributed by atoms with Gasteiger partial charge in [-0.2, -0.15) is 0 Å². The number of anilines is 3. The number of aryl methyl sites for hydroxylation is 1. The van der Waals surface area contributed by atoms with Crippen LogP contribution in [0.2, 0.25) is 0 Å². The van der Waals surface area contributed by atoms with Crippen LogP contribution >= 0.6 is 0 Å². The molecule has 2 N–H and O–H groups in total. The Hall–Kier alpha value is -2.63. The Morgan fingerprint density at radius 2 is 1.63 bits per heavy atom. The van der Waals surface area contributed by atoms with Gasteiger partial charge in [-0.05, 0) is 36.6 Å². The van der Waals surface area contributed by atoms with E-state index >= 15 is 0 Å². The molecule has 1 saturated carbocycles. The molecule has 3 rings (SSSR count). The molecule has 0 aliphatic heterocycles. The van der Waals surface area contributed by atoms with Gasteiger partial charge in [-0.25, -0.2) is 4.39 Å². The van der Waals surface area contributed by atoms with Gasteiger partial charge in [-0.3, -0.25) is 9.36 Å². The second-order valence-corrected chi connectivity index (χ2v) is 6.03. The molecule has 0 atom stereocenters. The lowest BCUT2D eigenvalue weighted by molar-refractivity contribution is -0.0979. The molecule has 0 bridgehead atoms. The molecule has 1 aromatic carbocycles. The average molecular weight is 378 g/mol. The zero-order valence-corrected chi connectivity index (χ0v) is 17.2. The molecule has 6 heteroatoms. The summed E-state index contributed by atoms with van der Waals surface area (Å²) in [6.45, 7) is 10.1. The van der Waals surface area contributed by atoms with Crippen molar-refractivity contribution in [2.45, 2.75) is 40.5 Å². The SMILES string of the molecule is C=O.CC.CC1CC1.CNc1ccc(=O)n(C)c1Nc1ccc(C)cc1F. The second kappa shape index (κ2) is 12.7. The van der Waals surface area contributed by atoms with Crippen molar-refractivity contribution in [2.24, 2.45) is 13.0 Å². The molecule has 27 heavy (non-hydrogen) atoms. The van der Waals surface area contributed by atoms with Crippen LogP contribution in [-0.2, 0) is 11.8 Å². The number of aromatic nitrogens is 1. The maximum atomic E-state index is 13.8. The maximum Gasteiger partial charge on any atom is 0.251 e. The lowest BCUT2D eigenvalue weighted by Gasteiger charge is -2.16. The number of nitrogens with one attached hydrogen (secondary N) is 2. The highest BCUT2D eigenvalue weighted by Crippen LogP contribution is 2.27. The Bertz CT molecular complexity index is 756. The summed E-state index contributed by atoms with van der Waals surface area (Å²) in [4.78, 5) is 19.6. The van der Waals surface area contributed by atoms with E-state index in [2.05, 4.69) is 17.6 Å². The van der Waals surface area contributed by atoms with E-state index in [-0.39, 0.29) is 11.4 Å². The highest BCUT2D eigenvalue weighted by molar-refractivity contribution is 5.71. The quantitative estimate of drug-likeness (QED) is 0.800. The predicted molar refractivity (Wildman–Crippen MR) is 113 cm³/mol. The van der Waals surface area contributed by atoms with Crippen LogP contribution in [0.4, 0.5) is 21.6 Å². The fraction of sp³-hybridized carbons (Fsp3) is 0.429. The van der Waals surface area contributed by atoms with Crippen molar-refractivity contribution in [1.29, 1.82) is 0 Å². The van der Waals surface area contributed by atoms with Gasteiger partial charge in [0, 0.05) is 20.2 Å². The van der Waals surface area contributed by atoms with Gasteiger partial charge < -0.3 is 15.4 Å². The highest BCUT2D eigenvalue weighted by Gasteiger charge is 2.12. The van der Waals surface area contributed by atoms with E-state index in [1.807, 2.05) is 33.6 Å². The fourth-order valence-corrected chi connectivity index (χ4v) is 2.00. The van der Waals surface area contributed by atoms with Crippen molar-refractivity contribution in [3.8, 4) is 0 Å². The first-order valence-electron chi connectivity index (χ1n) is 9.12. The summed E-state index contributed by atoms with van der Waals surface area (Å²) in [6, 6.07) is 8.04. The minimum Gasteiger partial charge on any atom is -0.385 e. The molecule has 1 aromatic heterocycles. The van der Waals surface area contributed by atoms with Crippen molar-refractivity contribution in [1.82, 2.24) is 4.57 Å². The van der Waals surface area contributed by atoms with Crippen molar-refractivity contribution in [3.63, 3.8) is 0 Å². The van der Waals surface area contributed by atoms with Gasteiger partial charge >= 0.3 is 0 Å². The Morgan fingerprint density at radius 1 is 1.11 bits per heavy atom. The van der Waals surface area contributed by atoms with Crippen molar-refractivity contribution in [2.75, 3.05) is 17.7 Å². The molecule has 0 saturated heterocycles. The lowest BCUT2D eigenvalue weighted by Crippen LogP contribution is -2.19. The summed E-state index contributed by atoms with van der Waals surface area (Å²) in [6.07, 6.45) is 2.97. The Balaban J connectivity index is 0.000000716. The molecule has 1 aliphatic rings. The third kappa shape index (κ3) is 8.07. The number of halogens is 1. The minimum absolute atomic E-state index is 0.158. The number of carbonyl (C=O) groups excluding carboxylic acids is 1. The third-order valence-corrected chi connectivity index (χ3v) is 3.83. The van der Waals surface area contributed by atoms with Gasteiger partial charge in [0.25, 0.3) is 5.56 Å². The number of rotatable bonds is 3. The number of carbonyl (C=O) groups is 1. The van der Waals surface area contributed by atoms with Crippen LogP contribution in [0, 0.1) is 18.7 Å². The van der Waals surface area contributed by atoms with E-state index in [1.165, 1.54) is 29.5 Å². The first-order chi connectivity index (χ1) is 12.9. The van der Waals surface area contributed by atoms with Crippen LogP contribution in [-0.4, -0.2) is 18.4 Å². The molecule has 0 spiro atoms. The lowest BCUT2D eigenvalue weighted by atomic mass is 10.2. The number of hydrogen-bond acceptors (Lipinski definition) is 4. The highest BCUT2D eigenvalue weighted by atomic mass is 19.1. The summed E-state index contributed by atoms with van der Waals surface area (Å²) in [5, 5.41) is 5.92. The fourth-order valence-electron chi connectivity index (χ4n) is 2.00. The Labute approximate surface area is 161 Å². The Morgan fingerprint density at radius 3 is 2.07 bits per heavy atom. The van der Waals surface area contributed by atoms with Crippen LogP contribution in [0.5, 0.6) is 0 Å². The van der Waals surface area contributed by atoms with Crippen LogP contribution in [0.3, 0.4) is 0 Å². The van der Waals surface area contributed by atoms with Crippen LogP contribution in [0.15, 0.2) is 35.1 Å². The summed E-state index contributed by atoms with van der Waals surface area (Å²) in [7, 11) is 3.38. The summed E-state index contributed by atoms with van der Waals surface area (Å²) >= 11 is 0. The van der Waals surface area contributed by atoms with Crippen LogP contribution in [0.1, 0.15) is 39.2 Å². The molecular weight excluding hydrogens is 345 g/mol. The Kier molecular flexibility index (Phi) is 11.4. The molecule has 1 heterocycles. The van der Waals surface area contributed by atoms with E-state index in [0.29, 0.717) is 11.5 Å². The van der Waals surface area contributed by atoms with Crippen LogP contribution in [0.25, 0.3) is 0 Å². The van der Waals surface area contributed by atoms with Crippen molar-refractivity contribution >= 4 is 24.0 Å². The predicted octanol–water partition coefficient (Wildman–Crippen LogP) is 4.88. The van der Waals surface area contributed by atoms with E-state index < -0.39 is 0 Å². The molecule has 5 nitrogen and oxygen atoms in total. The minimum atomic E-state index is -0.349. The number of benzene rings is 1. The number of hydrogen-bond donors (Lipinski definition) is 2. The summed E-state index contributed by atoms with van der Waals surface area (Å²) in [5.41, 5.74) is 1.75. The van der Waals surface area contributed by atoms with Crippen molar-refractivity contribution in [3.05, 3.63) is 52.1 Å². The smallest absolute Gasteiger partial charge is 0.251 e. The summed E-state index contributed by atoms with van der Waals surface area (Å²) in [5.74, 6) is 1.26. The van der Waals surface area contributed by atoms with Gasteiger partial charge in [-0.1, -0.05) is 39.7 Å². The first kappa shape index (κ1) is 24.4. The maximum absolute atomic E-state index is 13.8. The average Bonchev–Trinajstić information content (AvgIpc) is 3.47. The molecule has 1 aliphatic carbocycles. The first-order valence-corrected chi connectivity index (χ1v) is 9.12. The molecular formula is C21H32FN3O2. The molecule has 1 fully saturated rings. The largest absolute Gasteiger partial charge is 0.385 e. The van der Waals surface area contributed by atoms with Gasteiger partial charge in [0.2, 0.25) is 0 Å². The van der Waals surface area contributed by atoms with E-state index in [9.17, 15) is 9.18 Å². The van der Waals surface area contributed by atoms with E-state index in [4.69, 9.17) is 4.79 Å². The molecule has 150 valence electrons. The molecule has 0 unspecified atom stereocenters. The molecule has 0 amide bonds. The van der Waals surface area contributed by atoms with Gasteiger partial charge in [0.05, 0.1) is 11.4 Å². The van der Waals surface area contributed by atoms with Gasteiger partial charge in [0.15, 0.2) is 0 Å². The summed E-state index contributed by atoms with van der Waals surface area (Å²) < 4.78 is 15.3. The molecule has 0 radical (unpaired) electrons. The third-order valence-electron chi connectivity index (χ3n) is 3.83. The molecule has 2 aromatic rings.